The second-order valence-corrected chi connectivity index (χ2v) is 8.47. The lowest BCUT2D eigenvalue weighted by molar-refractivity contribution is 0.227. The Morgan fingerprint density at radius 1 is 1.29 bits per heavy atom. The Balaban J connectivity index is 1.83. The van der Waals surface area contributed by atoms with E-state index < -0.39 is 10.2 Å². The van der Waals surface area contributed by atoms with Crippen LogP contribution in [0.5, 0.6) is 0 Å². The van der Waals surface area contributed by atoms with Crippen molar-refractivity contribution in [2.75, 3.05) is 32.7 Å². The molecule has 0 amide bonds. The maximum absolute atomic E-state index is 12.4. The van der Waals surface area contributed by atoms with Gasteiger partial charge in [0, 0.05) is 38.8 Å². The average molecular weight is 335 g/mol. The van der Waals surface area contributed by atoms with Crippen LogP contribution >= 0.6 is 12.2 Å². The van der Waals surface area contributed by atoms with Gasteiger partial charge in [-0.1, -0.05) is 19.1 Å². The van der Waals surface area contributed by atoms with E-state index in [1.807, 2.05) is 0 Å². The van der Waals surface area contributed by atoms with Crippen LogP contribution in [-0.2, 0) is 10.2 Å². The molecule has 0 saturated carbocycles. The minimum absolute atomic E-state index is 0.0230. The molecule has 8 heteroatoms. The minimum Gasteiger partial charge on any atom is -0.392 e. The van der Waals surface area contributed by atoms with E-state index in [-0.39, 0.29) is 6.04 Å². The summed E-state index contributed by atoms with van der Waals surface area (Å²) in [6.07, 6.45) is 3.69. The average Bonchev–Trinajstić information content (AvgIpc) is 2.40. The van der Waals surface area contributed by atoms with Gasteiger partial charge in [-0.25, -0.2) is 0 Å². The van der Waals surface area contributed by atoms with Crippen LogP contribution in [0.25, 0.3) is 0 Å². The monoisotopic (exact) mass is 334 g/mol. The van der Waals surface area contributed by atoms with E-state index in [0.29, 0.717) is 30.5 Å². The van der Waals surface area contributed by atoms with Crippen LogP contribution in [0.4, 0.5) is 0 Å². The molecule has 122 valence electrons. The lowest BCUT2D eigenvalue weighted by Gasteiger charge is -2.35. The molecule has 0 aromatic heterocycles. The van der Waals surface area contributed by atoms with Gasteiger partial charge in [0.05, 0.1) is 4.99 Å². The van der Waals surface area contributed by atoms with Gasteiger partial charge in [-0.3, -0.25) is 4.90 Å². The Bertz CT molecular complexity index is 461. The summed E-state index contributed by atoms with van der Waals surface area (Å²) in [6, 6.07) is 0.0230. The van der Waals surface area contributed by atoms with Gasteiger partial charge < -0.3 is 5.73 Å². The van der Waals surface area contributed by atoms with Gasteiger partial charge in [0.25, 0.3) is 10.2 Å². The predicted octanol–water partition coefficient (Wildman–Crippen LogP) is 0.303. The molecule has 0 radical (unpaired) electrons. The molecule has 1 unspecified atom stereocenters. The van der Waals surface area contributed by atoms with Crippen LogP contribution in [0.15, 0.2) is 0 Å². The third kappa shape index (κ3) is 5.14. The van der Waals surface area contributed by atoms with Crippen LogP contribution in [0.1, 0.15) is 32.6 Å². The summed E-state index contributed by atoms with van der Waals surface area (Å²) in [5, 5.41) is 0. The first kappa shape index (κ1) is 17.1. The number of nitrogens with two attached hydrogens (primary N) is 1. The van der Waals surface area contributed by atoms with E-state index in [4.69, 9.17) is 18.0 Å². The van der Waals surface area contributed by atoms with Crippen molar-refractivity contribution in [3.8, 4) is 0 Å². The molecule has 3 N–H and O–H groups in total. The van der Waals surface area contributed by atoms with Crippen molar-refractivity contribution in [3.05, 3.63) is 0 Å². The smallest absolute Gasteiger partial charge is 0.279 e. The lowest BCUT2D eigenvalue weighted by atomic mass is 10.0. The van der Waals surface area contributed by atoms with Crippen molar-refractivity contribution < 1.29 is 8.42 Å². The molecule has 1 atom stereocenters. The number of rotatable bonds is 5. The molecule has 2 fully saturated rings. The van der Waals surface area contributed by atoms with E-state index >= 15 is 0 Å². The molecule has 2 saturated heterocycles. The number of hydrogen-bond donors (Lipinski definition) is 2. The quantitative estimate of drug-likeness (QED) is 0.707. The predicted molar refractivity (Wildman–Crippen MR) is 88.3 cm³/mol. The van der Waals surface area contributed by atoms with Crippen LogP contribution in [0, 0.1) is 5.92 Å². The largest absolute Gasteiger partial charge is 0.392 e. The van der Waals surface area contributed by atoms with Crippen molar-refractivity contribution in [2.24, 2.45) is 11.7 Å². The molecule has 0 aromatic carbocycles. The molecule has 2 aliphatic rings. The highest BCUT2D eigenvalue weighted by Gasteiger charge is 2.30. The number of piperidine rings is 2. The van der Waals surface area contributed by atoms with Crippen molar-refractivity contribution in [1.82, 2.24) is 13.9 Å². The summed E-state index contributed by atoms with van der Waals surface area (Å²) in [5.41, 5.74) is 5.54. The second kappa shape index (κ2) is 7.32. The Hall–Kier alpha value is -0.280. The van der Waals surface area contributed by atoms with Gasteiger partial charge in [-0.15, -0.1) is 0 Å². The van der Waals surface area contributed by atoms with Gasteiger partial charge in [0.2, 0.25) is 0 Å². The van der Waals surface area contributed by atoms with Gasteiger partial charge in [-0.2, -0.15) is 17.4 Å². The molecule has 2 aliphatic heterocycles. The molecule has 0 spiro atoms. The van der Waals surface area contributed by atoms with E-state index in [0.717, 1.165) is 38.8 Å². The van der Waals surface area contributed by atoms with Gasteiger partial charge in [0.1, 0.15) is 0 Å². The number of nitrogens with one attached hydrogen (secondary N) is 1. The number of thiocarbonyl (C=S) groups is 1. The van der Waals surface area contributed by atoms with E-state index in [1.165, 1.54) is 0 Å². The van der Waals surface area contributed by atoms with E-state index in [1.54, 1.807) is 4.31 Å². The fraction of sp³-hybridized carbons (Fsp3) is 0.923. The summed E-state index contributed by atoms with van der Waals surface area (Å²) < 4.78 is 29.3. The molecule has 0 bridgehead atoms. The Morgan fingerprint density at radius 2 is 1.95 bits per heavy atom. The molecule has 2 heterocycles. The second-order valence-electron chi connectivity index (χ2n) is 6.25. The van der Waals surface area contributed by atoms with Crippen molar-refractivity contribution in [3.63, 3.8) is 0 Å². The standard InChI is InChI=1S/C13H26N4O2S2/c1-11-3-2-6-17(9-11)21(18,19)15-12-4-7-16(8-5-12)10-13(14)20/h11-12,15H,2-10H2,1H3,(H2,14,20). The topological polar surface area (TPSA) is 78.7 Å². The highest BCUT2D eigenvalue weighted by atomic mass is 32.2. The third-order valence-corrected chi connectivity index (χ3v) is 6.01. The zero-order chi connectivity index (χ0) is 15.5. The first-order valence-corrected chi connectivity index (χ1v) is 9.49. The number of nitrogens with zero attached hydrogens (tertiary/aromatic N) is 2. The van der Waals surface area contributed by atoms with E-state index in [2.05, 4.69) is 16.5 Å². The lowest BCUT2D eigenvalue weighted by Crippen LogP contribution is -2.52. The molecular weight excluding hydrogens is 308 g/mol. The fourth-order valence-electron chi connectivity index (χ4n) is 3.08. The van der Waals surface area contributed by atoms with Crippen molar-refractivity contribution in [2.45, 2.75) is 38.6 Å². The maximum atomic E-state index is 12.4. The zero-order valence-corrected chi connectivity index (χ0v) is 14.3. The third-order valence-electron chi connectivity index (χ3n) is 4.24. The number of likely N-dealkylation sites (tertiary alicyclic amines) is 1. The van der Waals surface area contributed by atoms with Crippen LogP contribution < -0.4 is 10.5 Å². The summed E-state index contributed by atoms with van der Waals surface area (Å²) >= 11 is 4.91. The summed E-state index contributed by atoms with van der Waals surface area (Å²) in [6.45, 7) is 5.67. The summed E-state index contributed by atoms with van der Waals surface area (Å²) in [4.78, 5) is 2.67. The Labute approximate surface area is 133 Å². The highest BCUT2D eigenvalue weighted by molar-refractivity contribution is 7.87. The SMILES string of the molecule is CC1CCCN(S(=O)(=O)NC2CCN(CC(N)=S)CC2)C1. The van der Waals surface area contributed by atoms with Gasteiger partial charge in [-0.05, 0) is 31.6 Å². The summed E-state index contributed by atoms with van der Waals surface area (Å²) in [5.74, 6) is 0.447. The molecule has 21 heavy (non-hydrogen) atoms. The summed E-state index contributed by atoms with van der Waals surface area (Å²) in [7, 11) is -3.34. The first-order chi connectivity index (χ1) is 9.87. The van der Waals surface area contributed by atoms with E-state index in [9.17, 15) is 8.42 Å². The van der Waals surface area contributed by atoms with Gasteiger partial charge >= 0.3 is 0 Å². The Kier molecular flexibility index (Phi) is 5.96. The normalized spacial score (nSPS) is 26.8. The molecule has 0 aliphatic carbocycles. The van der Waals surface area contributed by atoms with Crippen LogP contribution in [-0.4, -0.2) is 61.4 Å². The molecule has 0 aromatic rings. The van der Waals surface area contributed by atoms with Crippen LogP contribution in [0.3, 0.4) is 0 Å². The maximum Gasteiger partial charge on any atom is 0.279 e. The zero-order valence-electron chi connectivity index (χ0n) is 12.6. The molecule has 2 rings (SSSR count). The fourth-order valence-corrected chi connectivity index (χ4v) is 4.89. The molecular formula is C13H26N4O2S2. The minimum atomic E-state index is -3.34. The van der Waals surface area contributed by atoms with Gasteiger partial charge in [0.15, 0.2) is 0 Å². The molecule has 6 nitrogen and oxygen atoms in total. The van der Waals surface area contributed by atoms with Crippen molar-refractivity contribution >= 4 is 27.4 Å². The van der Waals surface area contributed by atoms with Crippen LogP contribution in [0.2, 0.25) is 0 Å². The number of hydrogen-bond acceptors (Lipinski definition) is 4. The van der Waals surface area contributed by atoms with Crippen molar-refractivity contribution in [1.29, 1.82) is 0 Å². The first-order valence-electron chi connectivity index (χ1n) is 7.65. The highest BCUT2D eigenvalue weighted by Crippen LogP contribution is 2.19. The Morgan fingerprint density at radius 3 is 2.52 bits per heavy atom.